The average Bonchev–Trinajstić information content (AvgIpc) is 2.83. The molecule has 0 N–H and O–H groups in total. The lowest BCUT2D eigenvalue weighted by Gasteiger charge is -2.17. The summed E-state index contributed by atoms with van der Waals surface area (Å²) < 4.78 is 2.53. The number of rotatable bonds is 1. The molecule has 1 heteroatoms. The van der Waals surface area contributed by atoms with Crippen molar-refractivity contribution in [1.82, 2.24) is 4.57 Å². The molecule has 94 valence electrons. The molecule has 1 aliphatic heterocycles. The minimum absolute atomic E-state index is 1.17. The summed E-state index contributed by atoms with van der Waals surface area (Å²) in [7, 11) is 0. The standard InChI is InChI=1S/C18H17N/c1-2-8-14(9-3-1)18-15-10-4-5-11-16(15)19-13-7-6-12-17(18)19/h1-5,8-11H,6-7,12-13H2. The molecule has 1 nitrogen and oxygen atoms in total. The van der Waals surface area contributed by atoms with Crippen LogP contribution in [0, 0.1) is 0 Å². The van der Waals surface area contributed by atoms with Crippen molar-refractivity contribution in [3.63, 3.8) is 0 Å². The largest absolute Gasteiger partial charge is 0.344 e. The molecule has 0 bridgehead atoms. The van der Waals surface area contributed by atoms with E-state index in [1.54, 1.807) is 0 Å². The Morgan fingerprint density at radius 2 is 1.58 bits per heavy atom. The van der Waals surface area contributed by atoms with Gasteiger partial charge in [0.25, 0.3) is 0 Å². The summed E-state index contributed by atoms with van der Waals surface area (Å²) in [6, 6.07) is 19.7. The molecule has 0 aliphatic carbocycles. The second kappa shape index (κ2) is 4.27. The maximum Gasteiger partial charge on any atom is 0.0488 e. The maximum atomic E-state index is 2.53. The monoisotopic (exact) mass is 247 g/mol. The summed E-state index contributed by atoms with van der Waals surface area (Å²) >= 11 is 0. The van der Waals surface area contributed by atoms with Crippen LogP contribution in [-0.4, -0.2) is 4.57 Å². The van der Waals surface area contributed by atoms with Gasteiger partial charge in [-0.15, -0.1) is 0 Å². The number of hydrogen-bond acceptors (Lipinski definition) is 0. The first-order valence-corrected chi connectivity index (χ1v) is 7.11. The number of fused-ring (bicyclic) bond motifs is 3. The van der Waals surface area contributed by atoms with E-state index in [4.69, 9.17) is 0 Å². The third-order valence-corrected chi connectivity index (χ3v) is 4.19. The maximum absolute atomic E-state index is 2.53. The average molecular weight is 247 g/mol. The van der Waals surface area contributed by atoms with Gasteiger partial charge in [0.05, 0.1) is 0 Å². The van der Waals surface area contributed by atoms with E-state index in [1.165, 1.54) is 53.5 Å². The van der Waals surface area contributed by atoms with Crippen LogP contribution in [0.4, 0.5) is 0 Å². The summed E-state index contributed by atoms with van der Waals surface area (Å²) in [6.07, 6.45) is 3.83. The predicted molar refractivity (Wildman–Crippen MR) is 80.3 cm³/mol. The van der Waals surface area contributed by atoms with Crippen molar-refractivity contribution in [2.45, 2.75) is 25.8 Å². The van der Waals surface area contributed by atoms with Gasteiger partial charge in [0.2, 0.25) is 0 Å². The third-order valence-electron chi connectivity index (χ3n) is 4.19. The fourth-order valence-electron chi connectivity index (χ4n) is 3.36. The number of aromatic nitrogens is 1. The topological polar surface area (TPSA) is 4.93 Å². The lowest BCUT2D eigenvalue weighted by atomic mass is 9.99. The minimum atomic E-state index is 1.17. The Kier molecular flexibility index (Phi) is 2.44. The van der Waals surface area contributed by atoms with Gasteiger partial charge in [0.15, 0.2) is 0 Å². The molecular formula is C18H17N. The zero-order valence-electron chi connectivity index (χ0n) is 11.0. The van der Waals surface area contributed by atoms with Crippen LogP contribution in [0.15, 0.2) is 54.6 Å². The Balaban J connectivity index is 2.09. The summed E-state index contributed by atoms with van der Waals surface area (Å²) in [5, 5.41) is 1.41. The van der Waals surface area contributed by atoms with Crippen molar-refractivity contribution in [2.24, 2.45) is 0 Å². The van der Waals surface area contributed by atoms with Crippen molar-refractivity contribution in [3.05, 3.63) is 60.3 Å². The van der Waals surface area contributed by atoms with Crippen molar-refractivity contribution >= 4 is 10.9 Å². The molecule has 1 aliphatic rings. The summed E-state index contributed by atoms with van der Waals surface area (Å²) in [6.45, 7) is 1.17. The number of hydrogen-bond donors (Lipinski definition) is 0. The van der Waals surface area contributed by atoms with Crippen molar-refractivity contribution in [2.75, 3.05) is 0 Å². The number of benzene rings is 2. The molecule has 2 aromatic carbocycles. The van der Waals surface area contributed by atoms with Gasteiger partial charge in [0, 0.05) is 28.7 Å². The van der Waals surface area contributed by atoms with Gasteiger partial charge in [-0.25, -0.2) is 0 Å². The van der Waals surface area contributed by atoms with Crippen LogP contribution in [0.25, 0.3) is 22.0 Å². The summed E-state index contributed by atoms with van der Waals surface area (Å²) in [5.74, 6) is 0. The zero-order chi connectivity index (χ0) is 12.7. The van der Waals surface area contributed by atoms with E-state index in [-0.39, 0.29) is 0 Å². The fourth-order valence-corrected chi connectivity index (χ4v) is 3.36. The highest BCUT2D eigenvalue weighted by Gasteiger charge is 2.19. The minimum Gasteiger partial charge on any atom is -0.344 e. The molecule has 2 heterocycles. The molecule has 0 spiro atoms. The van der Waals surface area contributed by atoms with Gasteiger partial charge in [-0.3, -0.25) is 0 Å². The number of para-hydroxylation sites is 1. The third kappa shape index (κ3) is 1.61. The second-order valence-corrected chi connectivity index (χ2v) is 5.31. The van der Waals surface area contributed by atoms with Gasteiger partial charge in [0.1, 0.15) is 0 Å². The first kappa shape index (κ1) is 10.9. The fraction of sp³-hybridized carbons (Fsp3) is 0.222. The second-order valence-electron chi connectivity index (χ2n) is 5.31. The zero-order valence-corrected chi connectivity index (χ0v) is 11.0. The molecule has 0 amide bonds. The highest BCUT2D eigenvalue weighted by atomic mass is 15.0. The van der Waals surface area contributed by atoms with Gasteiger partial charge < -0.3 is 4.57 Å². The first-order chi connectivity index (χ1) is 9.45. The van der Waals surface area contributed by atoms with E-state index in [9.17, 15) is 0 Å². The molecule has 3 aromatic rings. The molecule has 19 heavy (non-hydrogen) atoms. The van der Waals surface area contributed by atoms with Crippen LogP contribution < -0.4 is 0 Å². The SMILES string of the molecule is c1ccc(-c2c3n(c4ccccc24)CCCC3)cc1. The Labute approximate surface area is 113 Å². The van der Waals surface area contributed by atoms with Crippen molar-refractivity contribution in [1.29, 1.82) is 0 Å². The smallest absolute Gasteiger partial charge is 0.0488 e. The van der Waals surface area contributed by atoms with Crippen LogP contribution in [0.5, 0.6) is 0 Å². The van der Waals surface area contributed by atoms with Crippen LogP contribution in [-0.2, 0) is 13.0 Å². The van der Waals surface area contributed by atoms with E-state index >= 15 is 0 Å². The van der Waals surface area contributed by atoms with E-state index < -0.39 is 0 Å². The molecule has 4 rings (SSSR count). The molecule has 0 fully saturated rings. The summed E-state index contributed by atoms with van der Waals surface area (Å²) in [5.41, 5.74) is 5.74. The van der Waals surface area contributed by atoms with Crippen LogP contribution in [0.1, 0.15) is 18.5 Å². The van der Waals surface area contributed by atoms with Gasteiger partial charge in [-0.05, 0) is 30.9 Å². The normalized spacial score (nSPS) is 14.5. The van der Waals surface area contributed by atoms with Crippen molar-refractivity contribution < 1.29 is 0 Å². The lowest BCUT2D eigenvalue weighted by Crippen LogP contribution is -2.09. The Hall–Kier alpha value is -2.02. The predicted octanol–water partition coefficient (Wildman–Crippen LogP) is 4.64. The Bertz CT molecular complexity index is 722. The van der Waals surface area contributed by atoms with E-state index in [0.29, 0.717) is 0 Å². The van der Waals surface area contributed by atoms with E-state index in [1.807, 2.05) is 0 Å². The molecule has 1 aromatic heterocycles. The van der Waals surface area contributed by atoms with Gasteiger partial charge in [-0.2, -0.15) is 0 Å². The molecule has 0 atom stereocenters. The lowest BCUT2D eigenvalue weighted by molar-refractivity contribution is 0.546. The quantitative estimate of drug-likeness (QED) is 0.590. The molecule has 0 radical (unpaired) electrons. The molecule has 0 unspecified atom stereocenters. The number of nitrogens with zero attached hydrogens (tertiary/aromatic N) is 1. The van der Waals surface area contributed by atoms with Crippen LogP contribution in [0.2, 0.25) is 0 Å². The molecule has 0 saturated carbocycles. The van der Waals surface area contributed by atoms with Gasteiger partial charge in [-0.1, -0.05) is 48.5 Å². The molecule has 0 saturated heterocycles. The van der Waals surface area contributed by atoms with Crippen LogP contribution >= 0.6 is 0 Å². The first-order valence-electron chi connectivity index (χ1n) is 7.11. The highest BCUT2D eigenvalue weighted by Crippen LogP contribution is 2.37. The highest BCUT2D eigenvalue weighted by molar-refractivity contribution is 5.98. The molecular weight excluding hydrogens is 230 g/mol. The summed E-state index contributed by atoms with van der Waals surface area (Å²) in [4.78, 5) is 0. The van der Waals surface area contributed by atoms with E-state index in [2.05, 4.69) is 59.2 Å². The van der Waals surface area contributed by atoms with Gasteiger partial charge >= 0.3 is 0 Å². The van der Waals surface area contributed by atoms with E-state index in [0.717, 1.165) is 0 Å². The Morgan fingerprint density at radius 1 is 0.789 bits per heavy atom. The Morgan fingerprint density at radius 3 is 2.47 bits per heavy atom. The van der Waals surface area contributed by atoms with Crippen LogP contribution in [0.3, 0.4) is 0 Å². The van der Waals surface area contributed by atoms with Crippen molar-refractivity contribution in [3.8, 4) is 11.1 Å². The number of aryl methyl sites for hydroxylation is 1.